The molecule has 0 atom stereocenters. The molecule has 0 aliphatic rings. The summed E-state index contributed by atoms with van der Waals surface area (Å²) in [6, 6.07) is 16.8. The Kier molecular flexibility index (Phi) is 6.67. The zero-order chi connectivity index (χ0) is 20.5. The summed E-state index contributed by atoms with van der Waals surface area (Å²) in [6.07, 6.45) is 4.23. The standard InChI is InChI=1S/C22H21N5O2/c1-2-20(28)25-12-13-26-22-19(14-24-15-27-22)21(23)16-8-10-18(11-9-16)29-17-6-4-3-5-7-17/h2-11,14-15,23H,1,12-13H2,(H,25,28)(H,24,26,27). The molecule has 0 aliphatic carbocycles. The van der Waals surface area contributed by atoms with Crippen LogP contribution in [-0.4, -0.2) is 34.7 Å². The number of hydrogen-bond acceptors (Lipinski definition) is 6. The second-order valence-corrected chi connectivity index (χ2v) is 6.02. The van der Waals surface area contributed by atoms with Gasteiger partial charge < -0.3 is 15.4 Å². The molecule has 1 aromatic heterocycles. The van der Waals surface area contributed by atoms with Crippen molar-refractivity contribution in [2.24, 2.45) is 0 Å². The number of rotatable bonds is 9. The first-order valence-electron chi connectivity index (χ1n) is 9.04. The molecule has 0 radical (unpaired) electrons. The van der Waals surface area contributed by atoms with E-state index in [1.54, 1.807) is 6.20 Å². The van der Waals surface area contributed by atoms with E-state index in [0.717, 1.165) is 5.75 Å². The van der Waals surface area contributed by atoms with Crippen LogP contribution in [0.15, 0.2) is 79.8 Å². The van der Waals surface area contributed by atoms with Gasteiger partial charge >= 0.3 is 0 Å². The van der Waals surface area contributed by atoms with Crippen molar-refractivity contribution in [1.29, 1.82) is 5.41 Å². The molecule has 29 heavy (non-hydrogen) atoms. The van der Waals surface area contributed by atoms with Crippen LogP contribution in [0.25, 0.3) is 0 Å². The van der Waals surface area contributed by atoms with E-state index in [-0.39, 0.29) is 11.6 Å². The van der Waals surface area contributed by atoms with Crippen LogP contribution in [0.5, 0.6) is 11.5 Å². The van der Waals surface area contributed by atoms with E-state index >= 15 is 0 Å². The summed E-state index contributed by atoms with van der Waals surface area (Å²) in [4.78, 5) is 19.4. The van der Waals surface area contributed by atoms with Crippen molar-refractivity contribution >= 4 is 17.4 Å². The molecule has 7 heteroatoms. The summed E-state index contributed by atoms with van der Waals surface area (Å²) in [7, 11) is 0. The minimum Gasteiger partial charge on any atom is -0.457 e. The number of ether oxygens (including phenoxy) is 1. The van der Waals surface area contributed by atoms with Crippen molar-refractivity contribution in [3.05, 3.63) is 90.9 Å². The summed E-state index contributed by atoms with van der Waals surface area (Å²) < 4.78 is 5.79. The Balaban J connectivity index is 1.67. The Hall–Kier alpha value is -4.00. The number of amides is 1. The second kappa shape index (κ2) is 9.80. The highest BCUT2D eigenvalue weighted by Gasteiger charge is 2.12. The molecule has 0 unspecified atom stereocenters. The number of aromatic nitrogens is 2. The molecule has 3 N–H and O–H groups in total. The van der Waals surface area contributed by atoms with Crippen molar-refractivity contribution in [2.75, 3.05) is 18.4 Å². The highest BCUT2D eigenvalue weighted by molar-refractivity contribution is 6.13. The Bertz CT molecular complexity index is 988. The van der Waals surface area contributed by atoms with Gasteiger partial charge in [-0.15, -0.1) is 0 Å². The number of nitrogens with one attached hydrogen (secondary N) is 3. The molecule has 0 bridgehead atoms. The Morgan fingerprint density at radius 2 is 1.79 bits per heavy atom. The van der Waals surface area contributed by atoms with Crippen molar-refractivity contribution in [2.45, 2.75) is 0 Å². The van der Waals surface area contributed by atoms with Crippen LogP contribution >= 0.6 is 0 Å². The fourth-order valence-corrected chi connectivity index (χ4v) is 2.56. The van der Waals surface area contributed by atoms with E-state index in [4.69, 9.17) is 10.1 Å². The van der Waals surface area contributed by atoms with Gasteiger partial charge in [0.25, 0.3) is 0 Å². The maximum absolute atomic E-state index is 11.2. The number of nitrogens with zero attached hydrogens (tertiary/aromatic N) is 2. The largest absolute Gasteiger partial charge is 0.457 e. The SMILES string of the molecule is C=CC(=O)NCCNc1ncncc1C(=N)c1ccc(Oc2ccccc2)cc1. The van der Waals surface area contributed by atoms with Gasteiger partial charge in [-0.05, 0) is 42.5 Å². The first-order chi connectivity index (χ1) is 14.2. The lowest BCUT2D eigenvalue weighted by Gasteiger charge is -2.12. The smallest absolute Gasteiger partial charge is 0.243 e. The van der Waals surface area contributed by atoms with Crippen molar-refractivity contribution in [1.82, 2.24) is 15.3 Å². The Morgan fingerprint density at radius 1 is 1.07 bits per heavy atom. The minimum atomic E-state index is -0.236. The third-order valence-electron chi connectivity index (χ3n) is 4.01. The van der Waals surface area contributed by atoms with Gasteiger partial charge in [-0.1, -0.05) is 24.8 Å². The third kappa shape index (κ3) is 5.49. The van der Waals surface area contributed by atoms with Gasteiger partial charge in [-0.25, -0.2) is 9.97 Å². The van der Waals surface area contributed by atoms with Gasteiger partial charge in [0.15, 0.2) is 0 Å². The van der Waals surface area contributed by atoms with Crippen LogP contribution in [0, 0.1) is 5.41 Å². The minimum absolute atomic E-state index is 0.236. The molecule has 1 amide bonds. The van der Waals surface area contributed by atoms with Gasteiger partial charge in [0.2, 0.25) is 5.91 Å². The van der Waals surface area contributed by atoms with Crippen LogP contribution in [-0.2, 0) is 4.79 Å². The zero-order valence-corrected chi connectivity index (χ0v) is 15.8. The molecule has 146 valence electrons. The van der Waals surface area contributed by atoms with Gasteiger partial charge in [-0.2, -0.15) is 0 Å². The Morgan fingerprint density at radius 3 is 2.52 bits per heavy atom. The van der Waals surface area contributed by atoms with Crippen LogP contribution in [0.4, 0.5) is 5.82 Å². The van der Waals surface area contributed by atoms with Gasteiger partial charge in [0.05, 0.1) is 11.3 Å². The van der Waals surface area contributed by atoms with Crippen LogP contribution in [0.1, 0.15) is 11.1 Å². The maximum atomic E-state index is 11.2. The highest BCUT2D eigenvalue weighted by atomic mass is 16.5. The van der Waals surface area contributed by atoms with E-state index in [1.165, 1.54) is 12.4 Å². The topological polar surface area (TPSA) is 100.0 Å². The molecule has 3 rings (SSSR count). The van der Waals surface area contributed by atoms with Crippen molar-refractivity contribution in [3.8, 4) is 11.5 Å². The summed E-state index contributed by atoms with van der Waals surface area (Å²) in [5.74, 6) is 1.73. The number of anilines is 1. The molecule has 0 saturated carbocycles. The van der Waals surface area contributed by atoms with Gasteiger partial charge in [0.1, 0.15) is 23.6 Å². The quantitative estimate of drug-likeness (QED) is 0.297. The fraction of sp³-hybridized carbons (Fsp3) is 0.0909. The molecular weight excluding hydrogens is 366 g/mol. The molecule has 0 fully saturated rings. The van der Waals surface area contributed by atoms with Crippen LogP contribution < -0.4 is 15.4 Å². The van der Waals surface area contributed by atoms with E-state index in [9.17, 15) is 4.79 Å². The number of benzene rings is 2. The number of para-hydroxylation sites is 1. The Labute approximate surface area is 169 Å². The predicted molar refractivity (Wildman–Crippen MR) is 113 cm³/mol. The zero-order valence-electron chi connectivity index (χ0n) is 15.8. The number of carbonyl (C=O) groups is 1. The van der Waals surface area contributed by atoms with Gasteiger partial charge in [0, 0.05) is 24.8 Å². The highest BCUT2D eigenvalue weighted by Crippen LogP contribution is 2.23. The van der Waals surface area contributed by atoms with Crippen molar-refractivity contribution < 1.29 is 9.53 Å². The van der Waals surface area contributed by atoms with E-state index in [1.807, 2.05) is 54.6 Å². The normalized spacial score (nSPS) is 10.1. The van der Waals surface area contributed by atoms with Crippen LogP contribution in [0.3, 0.4) is 0 Å². The lowest BCUT2D eigenvalue weighted by Crippen LogP contribution is -2.27. The van der Waals surface area contributed by atoms with Gasteiger partial charge in [-0.3, -0.25) is 10.2 Å². The second-order valence-electron chi connectivity index (χ2n) is 6.02. The molecule has 3 aromatic rings. The summed E-state index contributed by atoms with van der Waals surface area (Å²) in [5, 5.41) is 14.3. The van der Waals surface area contributed by atoms with E-state index < -0.39 is 0 Å². The average molecular weight is 387 g/mol. The predicted octanol–water partition coefficient (Wildman–Crippen LogP) is 3.40. The maximum Gasteiger partial charge on any atom is 0.243 e. The first-order valence-corrected chi connectivity index (χ1v) is 9.04. The van der Waals surface area contributed by atoms with E-state index in [0.29, 0.717) is 35.8 Å². The number of carbonyl (C=O) groups excluding carboxylic acids is 1. The van der Waals surface area contributed by atoms with Crippen LogP contribution in [0.2, 0.25) is 0 Å². The monoisotopic (exact) mass is 387 g/mol. The fourth-order valence-electron chi connectivity index (χ4n) is 2.56. The lowest BCUT2D eigenvalue weighted by molar-refractivity contribution is -0.116. The van der Waals surface area contributed by atoms with Crippen molar-refractivity contribution in [3.63, 3.8) is 0 Å². The molecule has 7 nitrogen and oxygen atoms in total. The van der Waals surface area contributed by atoms with E-state index in [2.05, 4.69) is 27.2 Å². The molecular formula is C22H21N5O2. The molecule has 1 heterocycles. The molecule has 0 saturated heterocycles. The molecule has 0 aliphatic heterocycles. The summed E-state index contributed by atoms with van der Waals surface area (Å²) >= 11 is 0. The third-order valence-corrected chi connectivity index (χ3v) is 4.01. The molecule has 0 spiro atoms. The first kappa shape index (κ1) is 19.8. The number of hydrogen-bond donors (Lipinski definition) is 3. The average Bonchev–Trinajstić information content (AvgIpc) is 2.77. The lowest BCUT2D eigenvalue weighted by atomic mass is 10.0. The summed E-state index contributed by atoms with van der Waals surface area (Å²) in [5.41, 5.74) is 1.57. The summed E-state index contributed by atoms with van der Waals surface area (Å²) in [6.45, 7) is 4.28. The molecule has 2 aromatic carbocycles.